The number of carbonyl (C=O) groups is 2. The lowest BCUT2D eigenvalue weighted by Gasteiger charge is -2.15. The lowest BCUT2D eigenvalue weighted by molar-refractivity contribution is 0.0929. The third kappa shape index (κ3) is 4.49. The number of rotatable bonds is 6. The third-order valence-corrected chi connectivity index (χ3v) is 4.79. The Hall–Kier alpha value is -2.80. The molecular weight excluding hydrogens is 346 g/mol. The van der Waals surface area contributed by atoms with E-state index in [1.807, 2.05) is 37.3 Å². The molecule has 0 aliphatic heterocycles. The van der Waals surface area contributed by atoms with Crippen molar-refractivity contribution in [2.45, 2.75) is 44.4 Å². The highest BCUT2D eigenvalue weighted by molar-refractivity contribution is 5.99. The average molecular weight is 371 g/mol. The van der Waals surface area contributed by atoms with Crippen molar-refractivity contribution in [3.63, 3.8) is 0 Å². The van der Waals surface area contributed by atoms with Crippen LogP contribution in [0.25, 0.3) is 0 Å². The number of aromatic amines is 1. The SMILES string of the molecule is CNC(=O)c1[nH]c(C(=O)N[C@H]2CC[C@H](O)C2)cc1O[C@H](C)c1ccccc1. The van der Waals surface area contributed by atoms with Gasteiger partial charge in [-0.25, -0.2) is 0 Å². The molecule has 1 heterocycles. The third-order valence-electron chi connectivity index (χ3n) is 4.79. The van der Waals surface area contributed by atoms with Crippen LogP contribution in [0, 0.1) is 0 Å². The summed E-state index contributed by atoms with van der Waals surface area (Å²) in [5, 5.41) is 15.1. The van der Waals surface area contributed by atoms with E-state index in [4.69, 9.17) is 4.74 Å². The highest BCUT2D eigenvalue weighted by Crippen LogP contribution is 2.27. The molecule has 0 bridgehead atoms. The minimum absolute atomic E-state index is 0.0631. The van der Waals surface area contributed by atoms with Gasteiger partial charge in [0, 0.05) is 19.2 Å². The lowest BCUT2D eigenvalue weighted by atomic mass is 10.1. The maximum atomic E-state index is 12.5. The van der Waals surface area contributed by atoms with E-state index >= 15 is 0 Å². The Morgan fingerprint density at radius 3 is 2.59 bits per heavy atom. The standard InChI is InChI=1S/C20H25N3O4/c1-12(13-6-4-3-5-7-13)27-17-11-16(23-18(17)20(26)21-2)19(25)22-14-8-9-15(24)10-14/h3-7,11-12,14-15,23-24H,8-10H2,1-2H3,(H,21,26)(H,22,25)/t12-,14+,15+/m1/s1. The molecule has 0 unspecified atom stereocenters. The topological polar surface area (TPSA) is 103 Å². The van der Waals surface area contributed by atoms with Crippen molar-refractivity contribution in [3.8, 4) is 5.75 Å². The quantitative estimate of drug-likeness (QED) is 0.625. The van der Waals surface area contributed by atoms with Crippen LogP contribution in [0.3, 0.4) is 0 Å². The molecule has 7 nitrogen and oxygen atoms in total. The van der Waals surface area contributed by atoms with Gasteiger partial charge >= 0.3 is 0 Å². The van der Waals surface area contributed by atoms with E-state index in [1.165, 1.54) is 7.05 Å². The Kier molecular flexibility index (Phi) is 5.81. The molecule has 1 saturated carbocycles. The Balaban J connectivity index is 1.78. The maximum absolute atomic E-state index is 12.5. The molecule has 1 aromatic heterocycles. The van der Waals surface area contributed by atoms with Gasteiger partial charge in [-0.15, -0.1) is 0 Å². The maximum Gasteiger partial charge on any atom is 0.271 e. The second-order valence-electron chi connectivity index (χ2n) is 6.81. The van der Waals surface area contributed by atoms with Crippen LogP contribution in [-0.2, 0) is 0 Å². The minimum Gasteiger partial charge on any atom is -0.484 e. The van der Waals surface area contributed by atoms with Gasteiger partial charge in [0.25, 0.3) is 11.8 Å². The van der Waals surface area contributed by atoms with Crippen molar-refractivity contribution in [1.29, 1.82) is 0 Å². The zero-order valence-corrected chi connectivity index (χ0v) is 15.5. The number of H-pyrrole nitrogens is 1. The van der Waals surface area contributed by atoms with Crippen LogP contribution >= 0.6 is 0 Å². The highest BCUT2D eigenvalue weighted by atomic mass is 16.5. The molecule has 1 aromatic carbocycles. The highest BCUT2D eigenvalue weighted by Gasteiger charge is 2.26. The number of aliphatic hydroxyl groups is 1. The van der Waals surface area contributed by atoms with Crippen LogP contribution in [-0.4, -0.2) is 41.1 Å². The van der Waals surface area contributed by atoms with Crippen LogP contribution in [0.4, 0.5) is 0 Å². The number of carbonyl (C=O) groups excluding carboxylic acids is 2. The van der Waals surface area contributed by atoms with Gasteiger partial charge in [0.1, 0.15) is 17.5 Å². The molecule has 27 heavy (non-hydrogen) atoms. The first kappa shape index (κ1) is 19.0. The fraction of sp³-hybridized carbons (Fsp3) is 0.400. The van der Waals surface area contributed by atoms with Crippen LogP contribution < -0.4 is 15.4 Å². The van der Waals surface area contributed by atoms with Crippen molar-refractivity contribution >= 4 is 11.8 Å². The Bertz CT molecular complexity index is 803. The van der Waals surface area contributed by atoms with E-state index in [-0.39, 0.29) is 41.5 Å². The van der Waals surface area contributed by atoms with Crippen molar-refractivity contribution in [2.24, 2.45) is 0 Å². The Morgan fingerprint density at radius 1 is 1.22 bits per heavy atom. The largest absolute Gasteiger partial charge is 0.484 e. The Morgan fingerprint density at radius 2 is 1.96 bits per heavy atom. The van der Waals surface area contributed by atoms with E-state index in [1.54, 1.807) is 6.07 Å². The zero-order valence-electron chi connectivity index (χ0n) is 15.5. The molecule has 7 heteroatoms. The first-order chi connectivity index (χ1) is 13.0. The van der Waals surface area contributed by atoms with Crippen molar-refractivity contribution in [3.05, 3.63) is 53.3 Å². The van der Waals surface area contributed by atoms with Gasteiger partial charge in [0.2, 0.25) is 0 Å². The molecule has 1 aliphatic carbocycles. The van der Waals surface area contributed by atoms with Gasteiger partial charge in [-0.05, 0) is 31.7 Å². The molecule has 0 saturated heterocycles. The fourth-order valence-corrected chi connectivity index (χ4v) is 3.28. The predicted molar refractivity (Wildman–Crippen MR) is 101 cm³/mol. The number of amides is 2. The van der Waals surface area contributed by atoms with Crippen LogP contribution in [0.2, 0.25) is 0 Å². The summed E-state index contributed by atoms with van der Waals surface area (Å²) >= 11 is 0. The molecule has 144 valence electrons. The molecule has 1 aliphatic rings. The summed E-state index contributed by atoms with van der Waals surface area (Å²) in [7, 11) is 1.52. The molecule has 2 amide bonds. The minimum atomic E-state index is -0.369. The Labute approximate surface area is 158 Å². The summed E-state index contributed by atoms with van der Waals surface area (Å²) in [6, 6.07) is 11.1. The van der Waals surface area contributed by atoms with Crippen LogP contribution in [0.1, 0.15) is 58.8 Å². The molecule has 4 N–H and O–H groups in total. The summed E-state index contributed by atoms with van der Waals surface area (Å²) < 4.78 is 5.96. The first-order valence-electron chi connectivity index (χ1n) is 9.13. The second-order valence-corrected chi connectivity index (χ2v) is 6.81. The summed E-state index contributed by atoms with van der Waals surface area (Å²) in [5.74, 6) is -0.357. The number of nitrogens with one attached hydrogen (secondary N) is 3. The van der Waals surface area contributed by atoms with Crippen molar-refractivity contribution in [2.75, 3.05) is 7.05 Å². The van der Waals surface area contributed by atoms with Crippen LogP contribution in [0.5, 0.6) is 5.75 Å². The zero-order chi connectivity index (χ0) is 19.4. The summed E-state index contributed by atoms with van der Waals surface area (Å²) in [6.45, 7) is 1.88. The molecule has 0 radical (unpaired) electrons. The molecule has 0 spiro atoms. The van der Waals surface area contributed by atoms with Gasteiger partial charge in [-0.2, -0.15) is 0 Å². The van der Waals surface area contributed by atoms with Gasteiger partial charge in [0.15, 0.2) is 5.75 Å². The summed E-state index contributed by atoms with van der Waals surface area (Å²) in [6.07, 6.45) is 1.31. The summed E-state index contributed by atoms with van der Waals surface area (Å²) in [4.78, 5) is 27.6. The lowest BCUT2D eigenvalue weighted by Crippen LogP contribution is -2.33. The van der Waals surface area contributed by atoms with Crippen LogP contribution in [0.15, 0.2) is 36.4 Å². The van der Waals surface area contributed by atoms with Crippen molar-refractivity contribution in [1.82, 2.24) is 15.6 Å². The predicted octanol–water partition coefficient (Wildman–Crippen LogP) is 2.16. The molecule has 1 fully saturated rings. The molecule has 3 atom stereocenters. The van der Waals surface area contributed by atoms with E-state index in [9.17, 15) is 14.7 Å². The first-order valence-corrected chi connectivity index (χ1v) is 9.13. The second kappa shape index (κ2) is 8.26. The number of aliphatic hydroxyl groups excluding tert-OH is 1. The number of ether oxygens (including phenoxy) is 1. The van der Waals surface area contributed by atoms with E-state index < -0.39 is 0 Å². The van der Waals surface area contributed by atoms with Gasteiger partial charge in [-0.1, -0.05) is 30.3 Å². The monoisotopic (exact) mass is 371 g/mol. The number of aromatic nitrogens is 1. The number of hydrogen-bond acceptors (Lipinski definition) is 4. The average Bonchev–Trinajstić information content (AvgIpc) is 3.28. The number of hydrogen-bond donors (Lipinski definition) is 4. The smallest absolute Gasteiger partial charge is 0.271 e. The number of benzene rings is 1. The fourth-order valence-electron chi connectivity index (χ4n) is 3.28. The van der Waals surface area contributed by atoms with E-state index in [0.717, 1.165) is 12.0 Å². The molecule has 3 rings (SSSR count). The van der Waals surface area contributed by atoms with Crippen molar-refractivity contribution < 1.29 is 19.4 Å². The van der Waals surface area contributed by atoms with Gasteiger partial charge in [-0.3, -0.25) is 9.59 Å². The summed E-state index contributed by atoms with van der Waals surface area (Å²) in [5.41, 5.74) is 1.43. The van der Waals surface area contributed by atoms with E-state index in [2.05, 4.69) is 15.6 Å². The van der Waals surface area contributed by atoms with Gasteiger partial charge < -0.3 is 25.5 Å². The van der Waals surface area contributed by atoms with E-state index in [0.29, 0.717) is 18.6 Å². The normalized spacial score (nSPS) is 20.1. The molecule has 2 aromatic rings. The molecular formula is C20H25N3O4. The van der Waals surface area contributed by atoms with Gasteiger partial charge in [0.05, 0.1) is 6.10 Å².